The van der Waals surface area contributed by atoms with Crippen LogP contribution in [-0.4, -0.2) is 18.6 Å². The highest BCUT2D eigenvalue weighted by Crippen LogP contribution is 2.27. The smallest absolute Gasteiger partial charge is 0.263 e. The van der Waals surface area contributed by atoms with Gasteiger partial charge in [0.2, 0.25) is 0 Å². The Morgan fingerprint density at radius 2 is 1.96 bits per heavy atom. The molecule has 0 spiro atoms. The Morgan fingerprint density at radius 1 is 1.17 bits per heavy atom. The molecular formula is C15H15N3O3S2. The third-order valence-corrected chi connectivity index (χ3v) is 5.53. The van der Waals surface area contributed by atoms with Crippen LogP contribution >= 0.6 is 11.3 Å². The third kappa shape index (κ3) is 3.27. The fraction of sp³-hybridized carbons (Fsp3) is 0.200. The van der Waals surface area contributed by atoms with Crippen molar-refractivity contribution in [1.29, 1.82) is 0 Å². The minimum Gasteiger partial charge on any atom is -0.360 e. The standard InChI is InChI=1S/C15H15N3O3S2/c1-9-4-5-12(13-8-22-11(3)16-13)7-14(9)23(19,20)18-15-6-10(2)21-17-15/h4-8H,1-3H3,(H,17,18). The van der Waals surface area contributed by atoms with Crippen LogP contribution in [0.25, 0.3) is 11.3 Å². The van der Waals surface area contributed by atoms with E-state index >= 15 is 0 Å². The lowest BCUT2D eigenvalue weighted by atomic mass is 10.1. The van der Waals surface area contributed by atoms with E-state index in [4.69, 9.17) is 4.52 Å². The lowest BCUT2D eigenvalue weighted by Gasteiger charge is -2.09. The molecule has 8 heteroatoms. The molecule has 0 radical (unpaired) electrons. The van der Waals surface area contributed by atoms with Crippen molar-refractivity contribution in [3.05, 3.63) is 46.0 Å². The van der Waals surface area contributed by atoms with E-state index in [1.165, 1.54) is 17.4 Å². The molecule has 0 atom stereocenters. The van der Waals surface area contributed by atoms with E-state index in [1.54, 1.807) is 26.0 Å². The van der Waals surface area contributed by atoms with Crippen LogP contribution in [0.4, 0.5) is 5.82 Å². The summed E-state index contributed by atoms with van der Waals surface area (Å²) in [6, 6.07) is 6.79. The van der Waals surface area contributed by atoms with Crippen LogP contribution in [0.5, 0.6) is 0 Å². The van der Waals surface area contributed by atoms with Gasteiger partial charge in [0.05, 0.1) is 15.6 Å². The van der Waals surface area contributed by atoms with Gasteiger partial charge in [-0.05, 0) is 32.4 Å². The zero-order valence-corrected chi connectivity index (χ0v) is 14.5. The van der Waals surface area contributed by atoms with Crippen LogP contribution in [0.1, 0.15) is 16.3 Å². The molecule has 2 heterocycles. The zero-order chi connectivity index (χ0) is 16.6. The maximum Gasteiger partial charge on any atom is 0.263 e. The van der Waals surface area contributed by atoms with Crippen molar-refractivity contribution in [2.75, 3.05) is 4.72 Å². The molecule has 0 aliphatic heterocycles. The predicted molar refractivity (Wildman–Crippen MR) is 89.1 cm³/mol. The van der Waals surface area contributed by atoms with Gasteiger partial charge in [-0.25, -0.2) is 13.4 Å². The summed E-state index contributed by atoms with van der Waals surface area (Å²) in [6.07, 6.45) is 0. The van der Waals surface area contributed by atoms with Crippen LogP contribution in [0.15, 0.2) is 39.1 Å². The number of aryl methyl sites for hydroxylation is 3. The molecule has 0 unspecified atom stereocenters. The van der Waals surface area contributed by atoms with E-state index < -0.39 is 10.0 Å². The number of hydrogen-bond acceptors (Lipinski definition) is 6. The summed E-state index contributed by atoms with van der Waals surface area (Å²) < 4.78 is 32.5. The van der Waals surface area contributed by atoms with Gasteiger partial charge in [0.25, 0.3) is 10.0 Å². The van der Waals surface area contributed by atoms with Crippen molar-refractivity contribution in [2.24, 2.45) is 0 Å². The van der Waals surface area contributed by atoms with Crippen molar-refractivity contribution in [3.63, 3.8) is 0 Å². The first kappa shape index (κ1) is 15.7. The Morgan fingerprint density at radius 3 is 2.57 bits per heavy atom. The summed E-state index contributed by atoms with van der Waals surface area (Å²) in [4.78, 5) is 4.59. The first-order valence-corrected chi connectivity index (χ1v) is 9.21. The average molecular weight is 349 g/mol. The van der Waals surface area contributed by atoms with Crippen molar-refractivity contribution in [3.8, 4) is 11.3 Å². The number of thiazole rings is 1. The van der Waals surface area contributed by atoms with E-state index in [1.807, 2.05) is 18.4 Å². The predicted octanol–water partition coefficient (Wildman–Crippen LogP) is 3.52. The van der Waals surface area contributed by atoms with E-state index in [0.717, 1.165) is 16.3 Å². The minimum absolute atomic E-state index is 0.164. The highest BCUT2D eigenvalue weighted by Gasteiger charge is 2.20. The Labute approximate surface area is 138 Å². The summed E-state index contributed by atoms with van der Waals surface area (Å²) >= 11 is 1.52. The SMILES string of the molecule is Cc1cc(NS(=O)(=O)c2cc(-c3csc(C)n3)ccc2C)no1. The fourth-order valence-corrected chi connectivity index (χ4v) is 4.03. The second-order valence-corrected chi connectivity index (χ2v) is 7.87. The van der Waals surface area contributed by atoms with Gasteiger partial charge < -0.3 is 4.52 Å². The number of nitrogens with zero attached hydrogens (tertiary/aromatic N) is 2. The van der Waals surface area contributed by atoms with Crippen LogP contribution in [-0.2, 0) is 10.0 Å². The molecule has 23 heavy (non-hydrogen) atoms. The van der Waals surface area contributed by atoms with Crippen LogP contribution in [0, 0.1) is 20.8 Å². The van der Waals surface area contributed by atoms with E-state index in [0.29, 0.717) is 11.3 Å². The Balaban J connectivity index is 2.01. The normalized spacial score (nSPS) is 11.6. The molecule has 1 N–H and O–H groups in total. The number of hydrogen-bond donors (Lipinski definition) is 1. The van der Waals surface area contributed by atoms with Crippen molar-refractivity contribution >= 4 is 27.2 Å². The number of sulfonamides is 1. The molecule has 0 bridgehead atoms. The van der Waals surface area contributed by atoms with Crippen LogP contribution < -0.4 is 4.72 Å². The molecule has 0 saturated heterocycles. The maximum absolute atomic E-state index is 12.6. The first-order valence-electron chi connectivity index (χ1n) is 6.84. The van der Waals surface area contributed by atoms with Gasteiger partial charge in [-0.2, -0.15) is 0 Å². The van der Waals surface area contributed by atoms with Gasteiger partial charge in [0.1, 0.15) is 5.76 Å². The number of anilines is 1. The molecule has 3 rings (SSSR count). The molecule has 0 aliphatic carbocycles. The van der Waals surface area contributed by atoms with Gasteiger partial charge in [-0.1, -0.05) is 17.3 Å². The third-order valence-electron chi connectivity index (χ3n) is 3.26. The lowest BCUT2D eigenvalue weighted by Crippen LogP contribution is -2.14. The second-order valence-electron chi connectivity index (χ2n) is 5.16. The van der Waals surface area contributed by atoms with E-state index in [-0.39, 0.29) is 10.7 Å². The Bertz CT molecular complexity index is 958. The van der Waals surface area contributed by atoms with Crippen molar-refractivity contribution in [1.82, 2.24) is 10.1 Å². The number of rotatable bonds is 4. The van der Waals surface area contributed by atoms with Gasteiger partial charge >= 0.3 is 0 Å². The average Bonchev–Trinajstić information content (AvgIpc) is 3.07. The van der Waals surface area contributed by atoms with Crippen molar-refractivity contribution < 1.29 is 12.9 Å². The molecule has 0 amide bonds. The highest BCUT2D eigenvalue weighted by molar-refractivity contribution is 7.92. The molecule has 0 aliphatic rings. The number of benzene rings is 1. The maximum atomic E-state index is 12.6. The largest absolute Gasteiger partial charge is 0.360 e. The number of aromatic nitrogens is 2. The van der Waals surface area contributed by atoms with Crippen LogP contribution in [0.2, 0.25) is 0 Å². The molecule has 2 aromatic heterocycles. The topological polar surface area (TPSA) is 85.1 Å². The fourth-order valence-electron chi connectivity index (χ4n) is 2.15. The summed E-state index contributed by atoms with van der Waals surface area (Å²) in [6.45, 7) is 5.36. The first-order chi connectivity index (χ1) is 10.8. The quantitative estimate of drug-likeness (QED) is 0.779. The zero-order valence-electron chi connectivity index (χ0n) is 12.8. The van der Waals surface area contributed by atoms with Gasteiger partial charge in [-0.3, -0.25) is 4.72 Å². The van der Waals surface area contributed by atoms with E-state index in [9.17, 15) is 8.42 Å². The molecule has 6 nitrogen and oxygen atoms in total. The van der Waals surface area contributed by atoms with Gasteiger partial charge in [-0.15, -0.1) is 11.3 Å². The van der Waals surface area contributed by atoms with Gasteiger partial charge in [0, 0.05) is 17.0 Å². The summed E-state index contributed by atoms with van der Waals surface area (Å²) in [5.74, 6) is 0.697. The minimum atomic E-state index is -3.75. The molecule has 3 aromatic rings. The Hall–Kier alpha value is -2.19. The Kier molecular flexibility index (Phi) is 3.95. The lowest BCUT2D eigenvalue weighted by molar-refractivity contribution is 0.400. The number of nitrogens with one attached hydrogen (secondary N) is 1. The molecule has 1 aromatic carbocycles. The summed E-state index contributed by atoms with van der Waals surface area (Å²) in [5, 5.41) is 6.50. The summed E-state index contributed by atoms with van der Waals surface area (Å²) in [5.41, 5.74) is 2.17. The monoisotopic (exact) mass is 349 g/mol. The van der Waals surface area contributed by atoms with Crippen molar-refractivity contribution in [2.45, 2.75) is 25.7 Å². The van der Waals surface area contributed by atoms with Crippen LogP contribution in [0.3, 0.4) is 0 Å². The molecular weight excluding hydrogens is 334 g/mol. The summed E-state index contributed by atoms with van der Waals surface area (Å²) in [7, 11) is -3.75. The molecule has 0 saturated carbocycles. The second kappa shape index (κ2) is 5.78. The van der Waals surface area contributed by atoms with E-state index in [2.05, 4.69) is 14.9 Å². The highest BCUT2D eigenvalue weighted by atomic mass is 32.2. The molecule has 120 valence electrons. The molecule has 0 fully saturated rings. The van der Waals surface area contributed by atoms with Gasteiger partial charge in [0.15, 0.2) is 5.82 Å².